The van der Waals surface area contributed by atoms with Crippen molar-refractivity contribution in [2.75, 3.05) is 18.0 Å². The zero-order valence-electron chi connectivity index (χ0n) is 21.2. The van der Waals surface area contributed by atoms with Crippen LogP contribution in [-0.4, -0.2) is 43.0 Å². The summed E-state index contributed by atoms with van der Waals surface area (Å²) in [6.45, 7) is 2.88. The van der Waals surface area contributed by atoms with Gasteiger partial charge in [-0.25, -0.2) is 9.37 Å². The zero-order valence-corrected chi connectivity index (χ0v) is 22.7. The van der Waals surface area contributed by atoms with Crippen molar-refractivity contribution < 1.29 is 9.13 Å². The van der Waals surface area contributed by atoms with Crippen LogP contribution in [0.5, 0.6) is 5.75 Å². The van der Waals surface area contributed by atoms with E-state index in [1.165, 1.54) is 18.5 Å². The number of nitrogens with two attached hydrogens (primary N) is 1. The zero-order chi connectivity index (χ0) is 27.3. The second-order valence-corrected chi connectivity index (χ2v) is 10.6. The van der Waals surface area contributed by atoms with E-state index in [4.69, 9.17) is 33.7 Å². The molecule has 0 bridgehead atoms. The van der Waals surface area contributed by atoms with Gasteiger partial charge in [0.15, 0.2) is 11.6 Å². The maximum Gasteiger partial charge on any atom is 0.166 e. The van der Waals surface area contributed by atoms with Crippen LogP contribution in [0.4, 0.5) is 10.2 Å². The molecule has 0 saturated carbocycles. The van der Waals surface area contributed by atoms with Crippen molar-refractivity contribution in [3.05, 3.63) is 82.2 Å². The topological polar surface area (TPSA) is 111 Å². The molecule has 1 aliphatic heterocycles. The molecule has 12 heteroatoms. The fourth-order valence-corrected chi connectivity index (χ4v) is 5.91. The van der Waals surface area contributed by atoms with Gasteiger partial charge in [0.05, 0.1) is 26.8 Å². The SMILES string of the molecule is C[C@@H](Oc1ccc2[nH]nc(-c3cnc(N4CC[C@](N)(c5ccnn5C)C4)c(F)c3)c2c1)c1c(Cl)cncc1Cl. The first-order valence-electron chi connectivity index (χ1n) is 12.4. The summed E-state index contributed by atoms with van der Waals surface area (Å²) in [6.07, 6.45) is 6.63. The number of hydrogen-bond donors (Lipinski definition) is 2. The molecule has 3 N–H and O–H groups in total. The maximum absolute atomic E-state index is 15.4. The quantitative estimate of drug-likeness (QED) is 0.283. The average Bonchev–Trinajstić information content (AvgIpc) is 3.62. The summed E-state index contributed by atoms with van der Waals surface area (Å²) in [5.74, 6) is 0.399. The molecule has 200 valence electrons. The third-order valence-corrected chi connectivity index (χ3v) is 7.77. The molecule has 1 aliphatic rings. The summed E-state index contributed by atoms with van der Waals surface area (Å²) in [4.78, 5) is 10.3. The molecule has 0 aliphatic carbocycles. The molecule has 5 heterocycles. The smallest absolute Gasteiger partial charge is 0.166 e. The molecule has 5 aromatic rings. The third-order valence-electron chi connectivity index (χ3n) is 7.17. The Bertz CT molecular complexity index is 1670. The first-order chi connectivity index (χ1) is 18.7. The molecule has 1 saturated heterocycles. The van der Waals surface area contributed by atoms with E-state index in [0.717, 1.165) is 16.6 Å². The molecule has 39 heavy (non-hydrogen) atoms. The van der Waals surface area contributed by atoms with Gasteiger partial charge >= 0.3 is 0 Å². The number of aromatic nitrogens is 6. The minimum Gasteiger partial charge on any atom is -0.486 e. The predicted molar refractivity (Wildman–Crippen MR) is 148 cm³/mol. The van der Waals surface area contributed by atoms with Gasteiger partial charge in [0.25, 0.3) is 0 Å². The fraction of sp³-hybridized carbons (Fsp3) is 0.259. The van der Waals surface area contributed by atoms with Gasteiger partial charge in [0, 0.05) is 61.4 Å². The standard InChI is InChI=1S/C27H25Cl2FN8O/c1-15(24-19(28)12-32-13-20(24)29)39-17-3-4-22-18(10-17)25(36-35-22)16-9-21(30)26(33-11-16)38-8-6-27(31,14-38)23-5-7-34-37(23)2/h3-5,7,9-13,15H,6,8,14,31H2,1-2H3,(H,35,36)/t15-,27-/m1/s1. The number of ether oxygens (including phenoxy) is 1. The average molecular weight is 567 g/mol. The minimum atomic E-state index is -0.630. The van der Waals surface area contributed by atoms with Gasteiger partial charge in [-0.3, -0.25) is 14.8 Å². The van der Waals surface area contributed by atoms with Crippen LogP contribution >= 0.6 is 23.2 Å². The summed E-state index contributed by atoms with van der Waals surface area (Å²) in [5.41, 5.74) is 9.48. The molecule has 6 rings (SSSR count). The summed E-state index contributed by atoms with van der Waals surface area (Å²) >= 11 is 12.6. The Labute approximate surface area is 233 Å². The lowest BCUT2D eigenvalue weighted by atomic mass is 9.96. The van der Waals surface area contributed by atoms with Crippen molar-refractivity contribution in [3.8, 4) is 17.0 Å². The second-order valence-electron chi connectivity index (χ2n) is 9.75. The number of aromatic amines is 1. The molecule has 0 spiro atoms. The lowest BCUT2D eigenvalue weighted by Crippen LogP contribution is -2.41. The molecule has 0 unspecified atom stereocenters. The van der Waals surface area contributed by atoms with Crippen LogP contribution in [0.3, 0.4) is 0 Å². The Kier molecular flexibility index (Phi) is 6.41. The van der Waals surface area contributed by atoms with Crippen molar-refractivity contribution in [2.45, 2.75) is 25.0 Å². The van der Waals surface area contributed by atoms with E-state index < -0.39 is 17.5 Å². The number of nitrogens with one attached hydrogen (secondary N) is 1. The molecule has 9 nitrogen and oxygen atoms in total. The fourth-order valence-electron chi connectivity index (χ4n) is 5.24. The lowest BCUT2D eigenvalue weighted by molar-refractivity contribution is 0.227. The number of fused-ring (bicyclic) bond motifs is 1. The molecular formula is C27H25Cl2FN8O. The van der Waals surface area contributed by atoms with Crippen LogP contribution in [-0.2, 0) is 12.6 Å². The molecule has 0 radical (unpaired) electrons. The van der Waals surface area contributed by atoms with E-state index in [2.05, 4.69) is 25.3 Å². The van der Waals surface area contributed by atoms with Crippen molar-refractivity contribution in [3.63, 3.8) is 0 Å². The molecule has 2 atom stereocenters. The number of benzene rings is 1. The van der Waals surface area contributed by atoms with Crippen LogP contribution in [0.1, 0.15) is 30.7 Å². The molecule has 4 aromatic heterocycles. The van der Waals surface area contributed by atoms with Gasteiger partial charge in [-0.15, -0.1) is 0 Å². The summed E-state index contributed by atoms with van der Waals surface area (Å²) in [7, 11) is 1.86. The predicted octanol–water partition coefficient (Wildman–Crippen LogP) is 5.40. The van der Waals surface area contributed by atoms with Crippen LogP contribution in [0, 0.1) is 5.82 Å². The number of aryl methyl sites for hydroxylation is 1. The lowest BCUT2D eigenvalue weighted by Gasteiger charge is -2.25. The van der Waals surface area contributed by atoms with Crippen LogP contribution in [0.2, 0.25) is 10.0 Å². The van der Waals surface area contributed by atoms with Gasteiger partial charge in [-0.1, -0.05) is 23.2 Å². The Morgan fingerprint density at radius 2 is 1.95 bits per heavy atom. The number of rotatable bonds is 6. The van der Waals surface area contributed by atoms with Crippen LogP contribution < -0.4 is 15.4 Å². The van der Waals surface area contributed by atoms with Crippen LogP contribution in [0.25, 0.3) is 22.2 Å². The monoisotopic (exact) mass is 566 g/mol. The van der Waals surface area contributed by atoms with E-state index in [0.29, 0.717) is 52.1 Å². The Hall–Kier alpha value is -3.73. The van der Waals surface area contributed by atoms with Crippen molar-refractivity contribution >= 4 is 39.9 Å². The number of nitrogens with zero attached hydrogens (tertiary/aromatic N) is 6. The summed E-state index contributed by atoms with van der Waals surface area (Å²) < 4.78 is 23.3. The van der Waals surface area contributed by atoms with Gasteiger partial charge in [0.2, 0.25) is 0 Å². The molecule has 1 aromatic carbocycles. The number of hydrogen-bond acceptors (Lipinski definition) is 7. The first-order valence-corrected chi connectivity index (χ1v) is 13.1. The minimum absolute atomic E-state index is 0.261. The van der Waals surface area contributed by atoms with Gasteiger partial charge < -0.3 is 15.4 Å². The number of pyridine rings is 2. The molecular weight excluding hydrogens is 542 g/mol. The normalized spacial score (nSPS) is 18.2. The molecule has 1 fully saturated rings. The Morgan fingerprint density at radius 1 is 1.15 bits per heavy atom. The van der Waals surface area contributed by atoms with E-state index in [-0.39, 0.29) is 5.82 Å². The van der Waals surface area contributed by atoms with E-state index >= 15 is 4.39 Å². The van der Waals surface area contributed by atoms with E-state index in [1.807, 2.05) is 43.1 Å². The van der Waals surface area contributed by atoms with Crippen molar-refractivity contribution in [2.24, 2.45) is 12.8 Å². The Morgan fingerprint density at radius 3 is 2.67 bits per heavy atom. The number of H-pyrrole nitrogens is 1. The maximum atomic E-state index is 15.4. The summed E-state index contributed by atoms with van der Waals surface area (Å²) in [6, 6.07) is 8.87. The van der Waals surface area contributed by atoms with Crippen molar-refractivity contribution in [1.82, 2.24) is 29.9 Å². The van der Waals surface area contributed by atoms with E-state index in [9.17, 15) is 0 Å². The Balaban J connectivity index is 1.26. The molecule has 0 amide bonds. The first kappa shape index (κ1) is 25.5. The van der Waals surface area contributed by atoms with E-state index in [1.54, 1.807) is 17.1 Å². The van der Waals surface area contributed by atoms with Crippen molar-refractivity contribution in [1.29, 1.82) is 0 Å². The van der Waals surface area contributed by atoms with Crippen LogP contribution in [0.15, 0.2) is 55.1 Å². The largest absolute Gasteiger partial charge is 0.486 e. The number of anilines is 1. The highest BCUT2D eigenvalue weighted by Gasteiger charge is 2.39. The highest BCUT2D eigenvalue weighted by atomic mass is 35.5. The van der Waals surface area contributed by atoms with Gasteiger partial charge in [-0.2, -0.15) is 10.2 Å². The van der Waals surface area contributed by atoms with Gasteiger partial charge in [0.1, 0.15) is 17.5 Å². The number of halogens is 3. The highest BCUT2D eigenvalue weighted by molar-refractivity contribution is 6.35. The van der Waals surface area contributed by atoms with Gasteiger partial charge in [-0.05, 0) is 43.7 Å². The summed E-state index contributed by atoms with van der Waals surface area (Å²) in [5, 5.41) is 13.3. The highest BCUT2D eigenvalue weighted by Crippen LogP contribution is 2.36. The third kappa shape index (κ3) is 4.58. The second kappa shape index (κ2) is 9.78.